The molecule has 0 spiro atoms. The van der Waals surface area contributed by atoms with Crippen LogP contribution in [0.5, 0.6) is 0 Å². The molecule has 0 amide bonds. The number of hydrogen-bond donors (Lipinski definition) is 1. The number of halogens is 1. The largest absolute Gasteiger partial charge is 0.461 e. The number of benzene rings is 1. The zero-order chi connectivity index (χ0) is 9.52. The van der Waals surface area contributed by atoms with Crippen molar-refractivity contribution >= 4 is 28.6 Å². The van der Waals surface area contributed by atoms with Crippen LogP contribution in [-0.2, 0) is 16.1 Å². The Bertz CT molecular complexity index is 264. The van der Waals surface area contributed by atoms with E-state index in [4.69, 9.17) is 4.74 Å². The second kappa shape index (κ2) is 7.75. The Kier molecular flexibility index (Phi) is 7.41. The van der Waals surface area contributed by atoms with E-state index < -0.39 is 0 Å². The van der Waals surface area contributed by atoms with Gasteiger partial charge < -0.3 is 10.9 Å². The van der Waals surface area contributed by atoms with Gasteiger partial charge in [0.15, 0.2) is 0 Å². The van der Waals surface area contributed by atoms with E-state index in [9.17, 15) is 4.79 Å². The molecule has 4 heteroatoms. The van der Waals surface area contributed by atoms with Gasteiger partial charge in [0.2, 0.25) is 0 Å². The molecule has 3 N–H and O–H groups in total. The van der Waals surface area contributed by atoms with Gasteiger partial charge in [-0.3, -0.25) is 4.79 Å². The van der Waals surface area contributed by atoms with Crippen LogP contribution in [0.2, 0.25) is 0 Å². The summed E-state index contributed by atoms with van der Waals surface area (Å²) in [5.74, 6) is -0.127. The van der Waals surface area contributed by atoms with Crippen LogP contribution in [0.3, 0.4) is 0 Å². The van der Waals surface area contributed by atoms with E-state index in [-0.39, 0.29) is 12.1 Å². The number of rotatable bonds is 4. The molecule has 0 saturated carbocycles. The van der Waals surface area contributed by atoms with Crippen LogP contribution in [0.25, 0.3) is 0 Å². The van der Waals surface area contributed by atoms with E-state index in [1.54, 1.807) is 0 Å². The minimum Gasteiger partial charge on any atom is -0.461 e. The lowest BCUT2D eigenvalue weighted by atomic mass is 10.2. The molecule has 0 radical (unpaired) electrons. The zero-order valence-corrected chi connectivity index (χ0v) is 10.1. The molecule has 3 nitrogen and oxygen atoms in total. The molecule has 78 valence electrons. The minimum absolute atomic E-state index is 0. The Labute approximate surface area is 97.6 Å². The molecule has 0 unspecified atom stereocenters. The summed E-state index contributed by atoms with van der Waals surface area (Å²) in [6, 6.07) is 9.69. The summed E-state index contributed by atoms with van der Waals surface area (Å²) >= 11 is 2.16. The van der Waals surface area contributed by atoms with Crippen molar-refractivity contribution in [1.29, 1.82) is 0 Å². The van der Waals surface area contributed by atoms with Crippen LogP contribution >= 0.6 is 22.6 Å². The van der Waals surface area contributed by atoms with Gasteiger partial charge in [-0.25, -0.2) is 0 Å². The van der Waals surface area contributed by atoms with E-state index in [1.165, 1.54) is 0 Å². The normalized spacial score (nSPS) is 8.93. The third-order valence-corrected chi connectivity index (χ3v) is 2.08. The molecule has 0 aromatic heterocycles. The molecule has 1 rings (SSSR count). The molecule has 0 saturated heterocycles. The van der Waals surface area contributed by atoms with Crippen molar-refractivity contribution in [3.05, 3.63) is 35.9 Å². The highest BCUT2D eigenvalue weighted by Crippen LogP contribution is 2.02. The Balaban J connectivity index is 0.00000169. The lowest BCUT2D eigenvalue weighted by molar-refractivity contribution is -0.144. The topological polar surface area (TPSA) is 61.3 Å². The maximum Gasteiger partial charge on any atom is 0.306 e. The van der Waals surface area contributed by atoms with Crippen LogP contribution in [0.1, 0.15) is 12.0 Å². The van der Waals surface area contributed by atoms with E-state index in [0.717, 1.165) is 9.99 Å². The lowest BCUT2D eigenvalue weighted by Gasteiger charge is -2.02. The highest BCUT2D eigenvalue weighted by atomic mass is 127. The van der Waals surface area contributed by atoms with E-state index in [2.05, 4.69) is 22.6 Å². The maximum absolute atomic E-state index is 11.0. The van der Waals surface area contributed by atoms with Crippen LogP contribution in [0.15, 0.2) is 30.3 Å². The first kappa shape index (κ1) is 13.4. The minimum atomic E-state index is -0.127. The number of alkyl halides is 1. The number of carbonyl (C=O) groups excluding carboxylic acids is 1. The van der Waals surface area contributed by atoms with Crippen molar-refractivity contribution in [2.24, 2.45) is 0 Å². The van der Waals surface area contributed by atoms with E-state index in [1.807, 2.05) is 30.3 Å². The summed E-state index contributed by atoms with van der Waals surface area (Å²) in [4.78, 5) is 11.0. The molecule has 0 aliphatic carbocycles. The van der Waals surface area contributed by atoms with Gasteiger partial charge in [0.25, 0.3) is 0 Å². The smallest absolute Gasteiger partial charge is 0.306 e. The average molecular weight is 307 g/mol. The number of hydrogen-bond acceptors (Lipinski definition) is 3. The van der Waals surface area contributed by atoms with Gasteiger partial charge in [-0.1, -0.05) is 52.9 Å². The first-order valence-corrected chi connectivity index (χ1v) is 5.61. The summed E-state index contributed by atoms with van der Waals surface area (Å²) in [6.07, 6.45) is 0.493. The van der Waals surface area contributed by atoms with Gasteiger partial charge in [-0.05, 0) is 5.56 Å². The predicted octanol–water partition coefficient (Wildman–Crippen LogP) is 2.72. The standard InChI is InChI=1S/C10H11IO2.H3N/c11-7-6-10(12)13-8-9-4-2-1-3-5-9;/h1-5H,6-8H2;1H3. The SMILES string of the molecule is N.O=C(CCI)OCc1ccccc1. The first-order chi connectivity index (χ1) is 6.33. The molecule has 1 aromatic carbocycles. The molecular formula is C10H14INO2. The number of esters is 1. The fraction of sp³-hybridized carbons (Fsp3) is 0.300. The summed E-state index contributed by atoms with van der Waals surface area (Å²) in [7, 11) is 0. The molecular weight excluding hydrogens is 293 g/mol. The number of carbonyl (C=O) groups is 1. The van der Waals surface area contributed by atoms with Crippen LogP contribution in [0.4, 0.5) is 0 Å². The van der Waals surface area contributed by atoms with Gasteiger partial charge in [0.05, 0.1) is 6.42 Å². The van der Waals surface area contributed by atoms with Gasteiger partial charge in [-0.2, -0.15) is 0 Å². The molecule has 0 fully saturated rings. The van der Waals surface area contributed by atoms with Crippen LogP contribution in [-0.4, -0.2) is 10.4 Å². The predicted molar refractivity (Wildman–Crippen MR) is 64.8 cm³/mol. The Morgan fingerprint density at radius 2 is 1.93 bits per heavy atom. The third kappa shape index (κ3) is 5.18. The van der Waals surface area contributed by atoms with Crippen molar-refractivity contribution in [3.8, 4) is 0 Å². The van der Waals surface area contributed by atoms with Gasteiger partial charge in [-0.15, -0.1) is 0 Å². The number of ether oxygens (including phenoxy) is 1. The third-order valence-electron chi connectivity index (χ3n) is 1.54. The van der Waals surface area contributed by atoms with Crippen molar-refractivity contribution in [1.82, 2.24) is 6.15 Å². The van der Waals surface area contributed by atoms with Gasteiger partial charge in [0.1, 0.15) is 6.61 Å². The molecule has 14 heavy (non-hydrogen) atoms. The molecule has 0 bridgehead atoms. The van der Waals surface area contributed by atoms with Crippen molar-refractivity contribution in [2.45, 2.75) is 13.0 Å². The average Bonchev–Trinajstić information content (AvgIpc) is 2.17. The van der Waals surface area contributed by atoms with Gasteiger partial charge in [0, 0.05) is 4.43 Å². The fourth-order valence-electron chi connectivity index (χ4n) is 0.887. The summed E-state index contributed by atoms with van der Waals surface area (Å²) in [5, 5.41) is 0. The second-order valence-electron chi connectivity index (χ2n) is 2.59. The van der Waals surface area contributed by atoms with Crippen molar-refractivity contribution in [3.63, 3.8) is 0 Å². The molecule has 0 heterocycles. The Hall–Kier alpha value is -0.620. The van der Waals surface area contributed by atoms with Crippen LogP contribution in [0, 0.1) is 0 Å². The fourth-order valence-corrected chi connectivity index (χ4v) is 1.33. The quantitative estimate of drug-likeness (QED) is 0.528. The Morgan fingerprint density at radius 1 is 1.29 bits per heavy atom. The highest BCUT2D eigenvalue weighted by Gasteiger charge is 2.00. The molecule has 0 aliphatic rings. The summed E-state index contributed by atoms with van der Waals surface area (Å²) in [6.45, 7) is 0.385. The highest BCUT2D eigenvalue weighted by molar-refractivity contribution is 14.1. The van der Waals surface area contributed by atoms with Crippen molar-refractivity contribution < 1.29 is 9.53 Å². The summed E-state index contributed by atoms with van der Waals surface area (Å²) < 4.78 is 5.84. The Morgan fingerprint density at radius 3 is 2.50 bits per heavy atom. The van der Waals surface area contributed by atoms with Crippen molar-refractivity contribution in [2.75, 3.05) is 4.43 Å². The monoisotopic (exact) mass is 307 g/mol. The first-order valence-electron chi connectivity index (χ1n) is 4.08. The molecule has 0 aliphatic heterocycles. The van der Waals surface area contributed by atoms with E-state index in [0.29, 0.717) is 13.0 Å². The van der Waals surface area contributed by atoms with E-state index >= 15 is 0 Å². The molecule has 1 aromatic rings. The van der Waals surface area contributed by atoms with Crippen LogP contribution < -0.4 is 6.15 Å². The second-order valence-corrected chi connectivity index (χ2v) is 3.66. The van der Waals surface area contributed by atoms with Gasteiger partial charge >= 0.3 is 5.97 Å². The summed E-state index contributed by atoms with van der Waals surface area (Å²) in [5.41, 5.74) is 1.03. The maximum atomic E-state index is 11.0. The molecule has 0 atom stereocenters. The zero-order valence-electron chi connectivity index (χ0n) is 7.91. The lowest BCUT2D eigenvalue weighted by Crippen LogP contribution is -2.04.